The predicted molar refractivity (Wildman–Crippen MR) is 51.8 cm³/mol. The van der Waals surface area contributed by atoms with Crippen molar-refractivity contribution in [2.24, 2.45) is 0 Å². The summed E-state index contributed by atoms with van der Waals surface area (Å²) in [4.78, 5) is 13.2. The third-order valence-electron chi connectivity index (χ3n) is 1.41. The van der Waals surface area contributed by atoms with Gasteiger partial charge < -0.3 is 9.52 Å². The van der Waals surface area contributed by atoms with Crippen molar-refractivity contribution < 1.29 is 14.3 Å². The molecule has 0 aliphatic rings. The van der Waals surface area contributed by atoms with Crippen LogP contribution in [0.1, 0.15) is 0 Å². The minimum atomic E-state index is -0.981. The minimum Gasteiger partial charge on any atom is -0.478 e. The number of carboxylic acids is 1. The molecule has 0 saturated carbocycles. The van der Waals surface area contributed by atoms with Crippen LogP contribution in [0.25, 0.3) is 11.1 Å². The molecule has 0 saturated heterocycles. The Balaban J connectivity index is 0.000000171. The summed E-state index contributed by atoms with van der Waals surface area (Å²) in [6, 6.07) is 7.67. The highest BCUT2D eigenvalue weighted by Gasteiger charge is 1.91. The van der Waals surface area contributed by atoms with Gasteiger partial charge in [0.15, 0.2) is 12.0 Å². The lowest BCUT2D eigenvalue weighted by atomic mass is 10.3. The average molecular weight is 191 g/mol. The number of benzene rings is 1. The summed E-state index contributed by atoms with van der Waals surface area (Å²) in [6.07, 6.45) is 2.28. The van der Waals surface area contributed by atoms with E-state index < -0.39 is 5.97 Å². The fourth-order valence-corrected chi connectivity index (χ4v) is 0.803. The van der Waals surface area contributed by atoms with Crippen LogP contribution in [0.5, 0.6) is 0 Å². The van der Waals surface area contributed by atoms with Gasteiger partial charge in [-0.1, -0.05) is 18.7 Å². The molecule has 1 heterocycles. The summed E-state index contributed by atoms with van der Waals surface area (Å²) < 4.78 is 5.01. The van der Waals surface area contributed by atoms with E-state index in [4.69, 9.17) is 9.52 Å². The van der Waals surface area contributed by atoms with Crippen LogP contribution in [0, 0.1) is 0 Å². The van der Waals surface area contributed by atoms with Gasteiger partial charge in [-0.2, -0.15) is 0 Å². The van der Waals surface area contributed by atoms with Crippen LogP contribution in [0.3, 0.4) is 0 Å². The Morgan fingerprint density at radius 2 is 2.14 bits per heavy atom. The Kier molecular flexibility index (Phi) is 3.43. The van der Waals surface area contributed by atoms with E-state index >= 15 is 0 Å². The topological polar surface area (TPSA) is 63.3 Å². The number of aliphatic carboxylic acids is 1. The van der Waals surface area contributed by atoms with E-state index in [1.165, 1.54) is 6.39 Å². The lowest BCUT2D eigenvalue weighted by molar-refractivity contribution is -0.131. The van der Waals surface area contributed by atoms with E-state index in [0.29, 0.717) is 0 Å². The summed E-state index contributed by atoms with van der Waals surface area (Å²) >= 11 is 0. The number of para-hydroxylation sites is 2. The molecule has 1 N–H and O–H groups in total. The maximum atomic E-state index is 9.25. The van der Waals surface area contributed by atoms with Gasteiger partial charge >= 0.3 is 5.97 Å². The molecule has 2 aromatic rings. The monoisotopic (exact) mass is 191 g/mol. The fraction of sp³-hybridized carbons (Fsp3) is 0. The molecule has 0 unspecified atom stereocenters. The van der Waals surface area contributed by atoms with Gasteiger partial charge in [0.05, 0.1) is 0 Å². The Morgan fingerprint density at radius 3 is 2.71 bits per heavy atom. The molecular weight excluding hydrogens is 182 g/mol. The Labute approximate surface area is 80.5 Å². The first-order valence-electron chi connectivity index (χ1n) is 3.87. The van der Waals surface area contributed by atoms with Crippen LogP contribution in [-0.4, -0.2) is 16.1 Å². The summed E-state index contributed by atoms with van der Waals surface area (Å²) in [6.45, 7) is 2.96. The molecule has 0 aliphatic heterocycles. The van der Waals surface area contributed by atoms with Crippen molar-refractivity contribution in [3.63, 3.8) is 0 Å². The summed E-state index contributed by atoms with van der Waals surface area (Å²) in [5, 5.41) is 7.60. The third kappa shape index (κ3) is 2.75. The zero-order valence-electron chi connectivity index (χ0n) is 7.38. The van der Waals surface area contributed by atoms with Gasteiger partial charge in [0.2, 0.25) is 0 Å². The lowest BCUT2D eigenvalue weighted by Gasteiger charge is -1.79. The van der Waals surface area contributed by atoms with E-state index in [0.717, 1.165) is 17.2 Å². The zero-order valence-corrected chi connectivity index (χ0v) is 7.38. The van der Waals surface area contributed by atoms with Gasteiger partial charge in [-0.25, -0.2) is 9.78 Å². The number of hydrogen-bond acceptors (Lipinski definition) is 3. The summed E-state index contributed by atoms with van der Waals surface area (Å²) in [5.41, 5.74) is 1.76. The molecule has 0 bridgehead atoms. The molecule has 72 valence electrons. The zero-order chi connectivity index (χ0) is 10.4. The molecule has 14 heavy (non-hydrogen) atoms. The van der Waals surface area contributed by atoms with Crippen LogP contribution in [-0.2, 0) is 4.79 Å². The Bertz CT molecular complexity index is 403. The van der Waals surface area contributed by atoms with E-state index in [1.807, 2.05) is 24.3 Å². The molecular formula is C10H9NO3. The molecule has 1 aromatic carbocycles. The molecule has 0 aliphatic carbocycles. The van der Waals surface area contributed by atoms with Gasteiger partial charge in [0, 0.05) is 6.08 Å². The first-order valence-corrected chi connectivity index (χ1v) is 3.87. The van der Waals surface area contributed by atoms with Crippen molar-refractivity contribution in [2.45, 2.75) is 0 Å². The van der Waals surface area contributed by atoms with Crippen LogP contribution in [0.4, 0.5) is 0 Å². The van der Waals surface area contributed by atoms with Gasteiger partial charge in [-0.3, -0.25) is 0 Å². The normalized spacial score (nSPS) is 8.86. The maximum absolute atomic E-state index is 9.25. The number of aromatic nitrogens is 1. The number of rotatable bonds is 1. The van der Waals surface area contributed by atoms with Crippen molar-refractivity contribution in [3.05, 3.63) is 43.3 Å². The van der Waals surface area contributed by atoms with Crippen molar-refractivity contribution >= 4 is 17.1 Å². The number of hydrogen-bond donors (Lipinski definition) is 1. The minimum absolute atomic E-state index is 0.833. The van der Waals surface area contributed by atoms with E-state index in [9.17, 15) is 4.79 Å². The predicted octanol–water partition coefficient (Wildman–Crippen LogP) is 2.08. The molecule has 0 radical (unpaired) electrons. The largest absolute Gasteiger partial charge is 0.478 e. The number of oxazole rings is 1. The molecule has 1 aromatic heterocycles. The van der Waals surface area contributed by atoms with E-state index in [1.54, 1.807) is 0 Å². The molecule has 0 atom stereocenters. The fourth-order valence-electron chi connectivity index (χ4n) is 0.803. The van der Waals surface area contributed by atoms with Crippen molar-refractivity contribution in [3.8, 4) is 0 Å². The van der Waals surface area contributed by atoms with Crippen LogP contribution >= 0.6 is 0 Å². The van der Waals surface area contributed by atoms with Crippen molar-refractivity contribution in [1.29, 1.82) is 0 Å². The number of nitrogens with zero attached hydrogens (tertiary/aromatic N) is 1. The average Bonchev–Trinajstić information content (AvgIpc) is 2.66. The van der Waals surface area contributed by atoms with E-state index in [2.05, 4.69) is 11.6 Å². The number of carbonyl (C=O) groups is 1. The Hall–Kier alpha value is -2.10. The SMILES string of the molecule is C=CC(=O)O.c1ccc2ocnc2c1. The quantitative estimate of drug-likeness (QED) is 0.701. The van der Waals surface area contributed by atoms with Gasteiger partial charge in [0.1, 0.15) is 5.52 Å². The van der Waals surface area contributed by atoms with Crippen LogP contribution in [0.15, 0.2) is 47.7 Å². The lowest BCUT2D eigenvalue weighted by Crippen LogP contribution is -1.82. The van der Waals surface area contributed by atoms with Gasteiger partial charge in [-0.05, 0) is 12.1 Å². The second-order valence-corrected chi connectivity index (χ2v) is 2.36. The standard InChI is InChI=1S/C7H5NO.C3H4O2/c1-2-4-7-6(3-1)8-5-9-7;1-2-3(4)5/h1-5H;2H,1H2,(H,4,5). The number of fused-ring (bicyclic) bond motifs is 1. The molecule has 4 heteroatoms. The first-order chi connectivity index (χ1) is 6.74. The molecule has 4 nitrogen and oxygen atoms in total. The highest BCUT2D eigenvalue weighted by molar-refractivity contribution is 5.78. The van der Waals surface area contributed by atoms with Crippen molar-refractivity contribution in [1.82, 2.24) is 4.98 Å². The second kappa shape index (κ2) is 4.81. The molecule has 0 fully saturated rings. The molecule has 2 rings (SSSR count). The van der Waals surface area contributed by atoms with Crippen LogP contribution < -0.4 is 0 Å². The second-order valence-electron chi connectivity index (χ2n) is 2.36. The molecule has 0 spiro atoms. The van der Waals surface area contributed by atoms with Gasteiger partial charge in [-0.15, -0.1) is 0 Å². The maximum Gasteiger partial charge on any atom is 0.327 e. The number of carboxylic acid groups (broad SMARTS) is 1. The summed E-state index contributed by atoms with van der Waals surface area (Å²) in [5.74, 6) is -0.981. The van der Waals surface area contributed by atoms with Crippen LogP contribution in [0.2, 0.25) is 0 Å². The highest BCUT2D eigenvalue weighted by Crippen LogP contribution is 2.09. The van der Waals surface area contributed by atoms with E-state index in [-0.39, 0.29) is 0 Å². The van der Waals surface area contributed by atoms with Crippen molar-refractivity contribution in [2.75, 3.05) is 0 Å². The summed E-state index contributed by atoms with van der Waals surface area (Å²) in [7, 11) is 0. The Morgan fingerprint density at radius 1 is 1.50 bits per heavy atom. The smallest absolute Gasteiger partial charge is 0.327 e. The first kappa shape index (κ1) is 9.98. The highest BCUT2D eigenvalue weighted by atomic mass is 16.4. The third-order valence-corrected chi connectivity index (χ3v) is 1.41. The molecule has 0 amide bonds. The van der Waals surface area contributed by atoms with Gasteiger partial charge in [0.25, 0.3) is 0 Å².